The van der Waals surface area contributed by atoms with Gasteiger partial charge in [-0.25, -0.2) is 4.98 Å². The highest BCUT2D eigenvalue weighted by molar-refractivity contribution is 5.04. The SMILES string of the molecule is CC(C)c1cncn1CC1COCCN1. The van der Waals surface area contributed by atoms with Crippen molar-refractivity contribution >= 4 is 0 Å². The van der Waals surface area contributed by atoms with E-state index in [4.69, 9.17) is 4.74 Å². The first-order chi connectivity index (χ1) is 7.27. The fourth-order valence-electron chi connectivity index (χ4n) is 1.94. The first kappa shape index (κ1) is 10.6. The summed E-state index contributed by atoms with van der Waals surface area (Å²) in [5.74, 6) is 0.525. The van der Waals surface area contributed by atoms with Gasteiger partial charge in [0.05, 0.1) is 19.5 Å². The van der Waals surface area contributed by atoms with Gasteiger partial charge in [-0.2, -0.15) is 0 Å². The third-order valence-electron chi connectivity index (χ3n) is 2.75. The molecule has 1 atom stereocenters. The molecule has 1 unspecified atom stereocenters. The number of aromatic nitrogens is 2. The third kappa shape index (κ3) is 2.58. The van der Waals surface area contributed by atoms with Crippen molar-refractivity contribution in [2.24, 2.45) is 0 Å². The molecule has 2 heterocycles. The molecule has 15 heavy (non-hydrogen) atoms. The summed E-state index contributed by atoms with van der Waals surface area (Å²) >= 11 is 0. The van der Waals surface area contributed by atoms with Crippen molar-refractivity contribution in [1.29, 1.82) is 0 Å². The summed E-state index contributed by atoms with van der Waals surface area (Å²) in [5.41, 5.74) is 1.29. The maximum atomic E-state index is 5.43. The van der Waals surface area contributed by atoms with Crippen LogP contribution in [0.5, 0.6) is 0 Å². The summed E-state index contributed by atoms with van der Waals surface area (Å²) in [5, 5.41) is 3.45. The Kier molecular flexibility index (Phi) is 3.38. The molecular weight excluding hydrogens is 190 g/mol. The molecule has 0 spiro atoms. The highest BCUT2D eigenvalue weighted by Gasteiger charge is 2.15. The van der Waals surface area contributed by atoms with Crippen molar-refractivity contribution in [3.05, 3.63) is 18.2 Å². The van der Waals surface area contributed by atoms with Crippen LogP contribution in [0.2, 0.25) is 0 Å². The summed E-state index contributed by atoms with van der Waals surface area (Å²) in [6.45, 7) is 7.92. The lowest BCUT2D eigenvalue weighted by molar-refractivity contribution is 0.0711. The zero-order chi connectivity index (χ0) is 10.7. The molecule has 0 bridgehead atoms. The highest BCUT2D eigenvalue weighted by atomic mass is 16.5. The molecule has 0 radical (unpaired) electrons. The van der Waals surface area contributed by atoms with Gasteiger partial charge in [0.2, 0.25) is 0 Å². The van der Waals surface area contributed by atoms with E-state index in [1.165, 1.54) is 5.69 Å². The quantitative estimate of drug-likeness (QED) is 0.807. The third-order valence-corrected chi connectivity index (χ3v) is 2.75. The van der Waals surface area contributed by atoms with Crippen LogP contribution in [-0.2, 0) is 11.3 Å². The van der Waals surface area contributed by atoms with Crippen LogP contribution < -0.4 is 5.32 Å². The lowest BCUT2D eigenvalue weighted by Gasteiger charge is -2.25. The number of morpholine rings is 1. The molecule has 0 aliphatic carbocycles. The van der Waals surface area contributed by atoms with E-state index in [-0.39, 0.29) is 0 Å². The summed E-state index contributed by atoms with van der Waals surface area (Å²) in [7, 11) is 0. The van der Waals surface area contributed by atoms with E-state index in [0.717, 1.165) is 26.3 Å². The van der Waals surface area contributed by atoms with Gasteiger partial charge in [0.15, 0.2) is 0 Å². The fourth-order valence-corrected chi connectivity index (χ4v) is 1.94. The van der Waals surface area contributed by atoms with E-state index in [0.29, 0.717) is 12.0 Å². The Morgan fingerprint density at radius 2 is 2.53 bits per heavy atom. The van der Waals surface area contributed by atoms with Gasteiger partial charge in [-0.1, -0.05) is 13.8 Å². The van der Waals surface area contributed by atoms with Crippen LogP contribution in [0.3, 0.4) is 0 Å². The minimum absolute atomic E-state index is 0.422. The van der Waals surface area contributed by atoms with Crippen LogP contribution in [0.15, 0.2) is 12.5 Å². The van der Waals surface area contributed by atoms with Crippen molar-refractivity contribution < 1.29 is 4.74 Å². The highest BCUT2D eigenvalue weighted by Crippen LogP contribution is 2.14. The Morgan fingerprint density at radius 1 is 1.67 bits per heavy atom. The molecule has 2 rings (SSSR count). The Bertz CT molecular complexity index is 303. The van der Waals surface area contributed by atoms with Crippen LogP contribution in [0.25, 0.3) is 0 Å². The van der Waals surface area contributed by atoms with Crippen LogP contribution in [-0.4, -0.2) is 35.4 Å². The first-order valence-electron chi connectivity index (χ1n) is 5.58. The molecule has 1 aliphatic heterocycles. The van der Waals surface area contributed by atoms with Gasteiger partial charge in [-0.3, -0.25) is 0 Å². The standard InChI is InChI=1S/C11H19N3O/c1-9(2)11-5-12-8-14(11)6-10-7-15-4-3-13-10/h5,8-10,13H,3-4,6-7H2,1-2H3. The average molecular weight is 209 g/mol. The number of nitrogens with one attached hydrogen (secondary N) is 1. The van der Waals surface area contributed by atoms with Gasteiger partial charge in [-0.15, -0.1) is 0 Å². The number of nitrogens with zero attached hydrogens (tertiary/aromatic N) is 2. The zero-order valence-corrected chi connectivity index (χ0v) is 9.44. The Balaban J connectivity index is 1.99. The van der Waals surface area contributed by atoms with E-state index in [1.54, 1.807) is 0 Å². The molecule has 1 N–H and O–H groups in total. The van der Waals surface area contributed by atoms with Crippen molar-refractivity contribution in [3.8, 4) is 0 Å². The number of imidazole rings is 1. The molecule has 1 aliphatic rings. The maximum absolute atomic E-state index is 5.43. The monoisotopic (exact) mass is 209 g/mol. The van der Waals surface area contributed by atoms with Gasteiger partial charge in [-0.05, 0) is 5.92 Å². The lowest BCUT2D eigenvalue weighted by Crippen LogP contribution is -2.43. The Hall–Kier alpha value is -0.870. The molecular formula is C11H19N3O. The number of hydrogen-bond acceptors (Lipinski definition) is 3. The number of ether oxygens (including phenoxy) is 1. The summed E-state index contributed by atoms with van der Waals surface area (Å²) < 4.78 is 7.65. The van der Waals surface area contributed by atoms with Gasteiger partial charge in [0, 0.05) is 31.0 Å². The van der Waals surface area contributed by atoms with E-state index < -0.39 is 0 Å². The largest absolute Gasteiger partial charge is 0.378 e. The van der Waals surface area contributed by atoms with Crippen molar-refractivity contribution in [2.75, 3.05) is 19.8 Å². The van der Waals surface area contributed by atoms with E-state index in [2.05, 4.69) is 28.7 Å². The van der Waals surface area contributed by atoms with E-state index in [9.17, 15) is 0 Å². The molecule has 1 fully saturated rings. The van der Waals surface area contributed by atoms with Crippen LogP contribution in [0, 0.1) is 0 Å². The molecule has 0 amide bonds. The van der Waals surface area contributed by atoms with Crippen LogP contribution in [0.4, 0.5) is 0 Å². The molecule has 0 aromatic carbocycles. The number of hydrogen-bond donors (Lipinski definition) is 1. The van der Waals surface area contributed by atoms with Crippen molar-refractivity contribution in [2.45, 2.75) is 32.4 Å². The Labute approximate surface area is 90.6 Å². The molecule has 1 aromatic rings. The predicted molar refractivity (Wildman–Crippen MR) is 58.9 cm³/mol. The summed E-state index contributed by atoms with van der Waals surface area (Å²) in [6, 6.07) is 0.422. The molecule has 1 saturated heterocycles. The van der Waals surface area contributed by atoms with Gasteiger partial charge in [0.25, 0.3) is 0 Å². The number of rotatable bonds is 3. The first-order valence-corrected chi connectivity index (χ1v) is 5.58. The second kappa shape index (κ2) is 4.77. The average Bonchev–Trinajstić information content (AvgIpc) is 2.67. The molecule has 84 valence electrons. The minimum atomic E-state index is 0.422. The zero-order valence-electron chi connectivity index (χ0n) is 9.44. The summed E-state index contributed by atoms with van der Waals surface area (Å²) in [6.07, 6.45) is 3.86. The summed E-state index contributed by atoms with van der Waals surface area (Å²) in [4.78, 5) is 4.20. The Morgan fingerprint density at radius 3 is 3.20 bits per heavy atom. The lowest BCUT2D eigenvalue weighted by atomic mass is 10.1. The van der Waals surface area contributed by atoms with Gasteiger partial charge >= 0.3 is 0 Å². The van der Waals surface area contributed by atoms with Crippen molar-refractivity contribution in [1.82, 2.24) is 14.9 Å². The second-order valence-corrected chi connectivity index (χ2v) is 4.35. The topological polar surface area (TPSA) is 39.1 Å². The fraction of sp³-hybridized carbons (Fsp3) is 0.727. The maximum Gasteiger partial charge on any atom is 0.0948 e. The van der Waals surface area contributed by atoms with Crippen LogP contribution >= 0.6 is 0 Å². The molecule has 1 aromatic heterocycles. The molecule has 0 saturated carbocycles. The normalized spacial score (nSPS) is 22.2. The van der Waals surface area contributed by atoms with Crippen LogP contribution in [0.1, 0.15) is 25.5 Å². The van der Waals surface area contributed by atoms with Crippen molar-refractivity contribution in [3.63, 3.8) is 0 Å². The smallest absolute Gasteiger partial charge is 0.0948 e. The van der Waals surface area contributed by atoms with Gasteiger partial charge < -0.3 is 14.6 Å². The minimum Gasteiger partial charge on any atom is -0.378 e. The van der Waals surface area contributed by atoms with Gasteiger partial charge in [0.1, 0.15) is 0 Å². The predicted octanol–water partition coefficient (Wildman–Crippen LogP) is 0.995. The molecule has 4 heteroatoms. The molecule has 4 nitrogen and oxygen atoms in total. The van der Waals surface area contributed by atoms with E-state index >= 15 is 0 Å². The second-order valence-electron chi connectivity index (χ2n) is 4.35. The van der Waals surface area contributed by atoms with E-state index in [1.807, 2.05) is 12.5 Å².